The second-order valence-corrected chi connectivity index (χ2v) is 7.00. The van der Waals surface area contributed by atoms with Gasteiger partial charge in [-0.25, -0.2) is 9.97 Å². The zero-order valence-corrected chi connectivity index (χ0v) is 16.0. The van der Waals surface area contributed by atoms with Crippen LogP contribution in [0.4, 0.5) is 11.8 Å². The van der Waals surface area contributed by atoms with E-state index in [1.54, 1.807) is 12.5 Å². The van der Waals surface area contributed by atoms with Crippen molar-refractivity contribution in [3.63, 3.8) is 0 Å². The number of imidazole rings is 1. The van der Waals surface area contributed by atoms with E-state index < -0.39 is 0 Å². The van der Waals surface area contributed by atoms with Gasteiger partial charge in [0.2, 0.25) is 5.95 Å². The van der Waals surface area contributed by atoms with E-state index in [1.807, 2.05) is 37.8 Å². The van der Waals surface area contributed by atoms with Gasteiger partial charge >= 0.3 is 0 Å². The van der Waals surface area contributed by atoms with Gasteiger partial charge in [-0.3, -0.25) is 0 Å². The molecule has 142 valence electrons. The first-order chi connectivity index (χ1) is 13.1. The topological polar surface area (TPSA) is 89.6 Å². The Labute approximate surface area is 158 Å². The molecule has 0 bridgehead atoms. The number of anilines is 2. The van der Waals surface area contributed by atoms with Crippen molar-refractivity contribution in [3.8, 4) is 0 Å². The lowest BCUT2D eigenvalue weighted by atomic mass is 9.97. The van der Waals surface area contributed by atoms with Crippen LogP contribution >= 0.6 is 0 Å². The third-order valence-electron chi connectivity index (χ3n) is 5.05. The summed E-state index contributed by atoms with van der Waals surface area (Å²) in [5.74, 6) is 3.90. The fourth-order valence-corrected chi connectivity index (χ4v) is 3.60. The Kier molecular flexibility index (Phi) is 4.74. The molecular formula is C18H25N9. The van der Waals surface area contributed by atoms with E-state index in [0.717, 1.165) is 55.0 Å². The molecule has 0 aromatic carbocycles. The van der Waals surface area contributed by atoms with Crippen LogP contribution in [-0.4, -0.2) is 54.4 Å². The molecule has 27 heavy (non-hydrogen) atoms. The highest BCUT2D eigenvalue weighted by molar-refractivity contribution is 5.43. The van der Waals surface area contributed by atoms with Crippen LogP contribution in [0.15, 0.2) is 24.8 Å². The van der Waals surface area contributed by atoms with E-state index in [2.05, 4.69) is 39.9 Å². The van der Waals surface area contributed by atoms with Crippen LogP contribution in [0.2, 0.25) is 0 Å². The van der Waals surface area contributed by atoms with Gasteiger partial charge in [-0.1, -0.05) is 0 Å². The Balaban J connectivity index is 1.53. The predicted octanol–water partition coefficient (Wildman–Crippen LogP) is 1.58. The van der Waals surface area contributed by atoms with Crippen LogP contribution < -0.4 is 10.2 Å². The highest BCUT2D eigenvalue weighted by Crippen LogP contribution is 2.28. The van der Waals surface area contributed by atoms with Gasteiger partial charge in [0.15, 0.2) is 5.82 Å². The fraction of sp³-hybridized carbons (Fsp3) is 0.500. The molecule has 0 aliphatic carbocycles. The summed E-state index contributed by atoms with van der Waals surface area (Å²) in [6, 6.07) is 1.95. The van der Waals surface area contributed by atoms with Gasteiger partial charge < -0.3 is 19.4 Å². The molecule has 1 fully saturated rings. The molecule has 0 saturated carbocycles. The summed E-state index contributed by atoms with van der Waals surface area (Å²) in [6.07, 6.45) is 7.69. The van der Waals surface area contributed by atoms with Gasteiger partial charge in [0.05, 0.1) is 12.9 Å². The van der Waals surface area contributed by atoms with Crippen LogP contribution in [0.25, 0.3) is 0 Å². The molecule has 3 aromatic rings. The molecule has 0 radical (unpaired) electrons. The zero-order chi connectivity index (χ0) is 18.8. The normalized spacial score (nSPS) is 17.3. The predicted molar refractivity (Wildman–Crippen MR) is 103 cm³/mol. The minimum atomic E-state index is 0.315. The summed E-state index contributed by atoms with van der Waals surface area (Å²) in [5, 5.41) is 12.0. The Morgan fingerprint density at radius 3 is 2.93 bits per heavy atom. The smallest absolute Gasteiger partial charge is 0.227 e. The maximum atomic E-state index is 4.63. The summed E-state index contributed by atoms with van der Waals surface area (Å²) >= 11 is 0. The van der Waals surface area contributed by atoms with Crippen molar-refractivity contribution >= 4 is 11.8 Å². The van der Waals surface area contributed by atoms with Crippen molar-refractivity contribution in [2.75, 3.05) is 30.4 Å². The second kappa shape index (κ2) is 7.34. The number of piperidine rings is 1. The number of hydrogen-bond donors (Lipinski definition) is 1. The van der Waals surface area contributed by atoms with E-state index in [4.69, 9.17) is 0 Å². The molecule has 1 aliphatic heterocycles. The largest absolute Gasteiger partial charge is 0.373 e. The van der Waals surface area contributed by atoms with Crippen LogP contribution in [0, 0.1) is 6.92 Å². The lowest BCUT2D eigenvalue weighted by Crippen LogP contribution is -2.36. The van der Waals surface area contributed by atoms with Crippen LogP contribution in [-0.2, 0) is 13.6 Å². The second-order valence-electron chi connectivity index (χ2n) is 7.00. The lowest BCUT2D eigenvalue weighted by molar-refractivity contribution is 0.473. The third-order valence-corrected chi connectivity index (χ3v) is 5.05. The van der Waals surface area contributed by atoms with Gasteiger partial charge in [0.25, 0.3) is 0 Å². The van der Waals surface area contributed by atoms with Crippen molar-refractivity contribution in [1.82, 2.24) is 34.3 Å². The standard InChI is InChI=1S/C18H25N9/c1-13-9-15(19-2)22-18(21-13)27-7-4-5-14(10-27)17-24-23-16(25(17)3)11-26-8-6-20-12-26/h6,8-9,12,14H,4-5,7,10-11H2,1-3H3,(H,19,21,22)/t14-/m0/s1. The molecule has 0 unspecified atom stereocenters. The number of rotatable bonds is 5. The van der Waals surface area contributed by atoms with Crippen molar-refractivity contribution in [1.29, 1.82) is 0 Å². The Hall–Kier alpha value is -2.97. The number of nitrogens with one attached hydrogen (secondary N) is 1. The first-order valence-electron chi connectivity index (χ1n) is 9.26. The third kappa shape index (κ3) is 3.62. The average Bonchev–Trinajstić information content (AvgIpc) is 3.32. The van der Waals surface area contributed by atoms with E-state index >= 15 is 0 Å². The van der Waals surface area contributed by atoms with Gasteiger partial charge in [0.1, 0.15) is 11.6 Å². The molecule has 9 nitrogen and oxygen atoms in total. The lowest BCUT2D eigenvalue weighted by Gasteiger charge is -2.32. The van der Waals surface area contributed by atoms with Crippen molar-refractivity contribution in [3.05, 3.63) is 42.1 Å². The van der Waals surface area contributed by atoms with Crippen molar-refractivity contribution in [2.45, 2.75) is 32.2 Å². The highest BCUT2D eigenvalue weighted by Gasteiger charge is 2.27. The van der Waals surface area contributed by atoms with Gasteiger partial charge in [-0.05, 0) is 19.8 Å². The fourth-order valence-electron chi connectivity index (χ4n) is 3.60. The summed E-state index contributed by atoms with van der Waals surface area (Å²) in [6.45, 7) is 4.48. The minimum absolute atomic E-state index is 0.315. The molecule has 1 saturated heterocycles. The molecule has 0 spiro atoms. The first kappa shape index (κ1) is 17.4. The van der Waals surface area contributed by atoms with Crippen LogP contribution in [0.3, 0.4) is 0 Å². The molecule has 1 atom stereocenters. The molecule has 4 heterocycles. The van der Waals surface area contributed by atoms with Crippen LogP contribution in [0.5, 0.6) is 0 Å². The zero-order valence-electron chi connectivity index (χ0n) is 16.0. The van der Waals surface area contributed by atoms with Crippen LogP contribution in [0.1, 0.15) is 36.1 Å². The molecular weight excluding hydrogens is 342 g/mol. The summed E-state index contributed by atoms with van der Waals surface area (Å²) in [5.41, 5.74) is 0.966. The average molecular weight is 367 g/mol. The number of aromatic nitrogens is 7. The van der Waals surface area contributed by atoms with Gasteiger partial charge in [-0.15, -0.1) is 10.2 Å². The van der Waals surface area contributed by atoms with E-state index in [9.17, 15) is 0 Å². The SMILES string of the molecule is CNc1cc(C)nc(N2CCC[C@H](c3nnc(Cn4ccnc4)n3C)C2)n1. The summed E-state index contributed by atoms with van der Waals surface area (Å²) < 4.78 is 4.12. The minimum Gasteiger partial charge on any atom is -0.373 e. The van der Waals surface area contributed by atoms with Crippen molar-refractivity contribution < 1.29 is 0 Å². The molecule has 9 heteroatoms. The number of aryl methyl sites for hydroxylation is 1. The van der Waals surface area contributed by atoms with Gasteiger partial charge in [-0.2, -0.15) is 4.98 Å². The van der Waals surface area contributed by atoms with E-state index in [-0.39, 0.29) is 0 Å². The van der Waals surface area contributed by atoms with Crippen molar-refractivity contribution in [2.24, 2.45) is 7.05 Å². The Morgan fingerprint density at radius 2 is 2.15 bits per heavy atom. The number of nitrogens with zero attached hydrogens (tertiary/aromatic N) is 8. The monoisotopic (exact) mass is 367 g/mol. The molecule has 1 N–H and O–H groups in total. The summed E-state index contributed by atoms with van der Waals surface area (Å²) in [4.78, 5) is 15.6. The van der Waals surface area contributed by atoms with Gasteiger partial charge in [0, 0.05) is 57.3 Å². The van der Waals surface area contributed by atoms with E-state index in [1.165, 1.54) is 0 Å². The molecule has 0 amide bonds. The highest BCUT2D eigenvalue weighted by atomic mass is 15.3. The quantitative estimate of drug-likeness (QED) is 0.732. The number of hydrogen-bond acceptors (Lipinski definition) is 7. The summed E-state index contributed by atoms with van der Waals surface area (Å²) in [7, 11) is 3.93. The Bertz CT molecular complexity index is 900. The van der Waals surface area contributed by atoms with E-state index in [0.29, 0.717) is 12.5 Å². The Morgan fingerprint density at radius 1 is 1.26 bits per heavy atom. The maximum absolute atomic E-state index is 4.63. The first-order valence-corrected chi connectivity index (χ1v) is 9.26. The molecule has 1 aliphatic rings. The molecule has 4 rings (SSSR count). The maximum Gasteiger partial charge on any atom is 0.227 e. The molecule has 3 aromatic heterocycles.